The number of nitrogens with zero attached hydrogens (tertiary/aromatic N) is 1. The first-order valence-electron chi connectivity index (χ1n) is 10.1. The molecule has 2 aromatic rings. The minimum atomic E-state index is -3.34. The molecule has 31 heavy (non-hydrogen) atoms. The summed E-state index contributed by atoms with van der Waals surface area (Å²) in [6.07, 6.45) is 0.553. The van der Waals surface area contributed by atoms with Crippen LogP contribution >= 0.6 is 0 Å². The molecule has 0 radical (unpaired) electrons. The molecule has 0 fully saturated rings. The highest BCUT2D eigenvalue weighted by Crippen LogP contribution is 2.32. The predicted molar refractivity (Wildman–Crippen MR) is 113 cm³/mol. The van der Waals surface area contributed by atoms with Gasteiger partial charge in [-0.25, -0.2) is 8.42 Å². The second kappa shape index (κ2) is 8.58. The molecule has 0 N–H and O–H groups in total. The van der Waals surface area contributed by atoms with Gasteiger partial charge in [0.05, 0.1) is 17.9 Å². The third kappa shape index (κ3) is 4.51. The Morgan fingerprint density at radius 3 is 2.61 bits per heavy atom. The molecule has 0 bridgehead atoms. The van der Waals surface area contributed by atoms with Crippen molar-refractivity contribution in [3.8, 4) is 11.5 Å². The van der Waals surface area contributed by atoms with E-state index >= 15 is 0 Å². The first-order valence-corrected chi connectivity index (χ1v) is 11.7. The predicted octanol–water partition coefficient (Wildman–Crippen LogP) is 2.14. The van der Waals surface area contributed by atoms with Crippen LogP contribution < -0.4 is 13.8 Å². The number of Topliss-reactive ketones (excluding diaryl/α,β-unsaturated/α-hetero) is 1. The molecule has 2 aromatic carbocycles. The zero-order chi connectivity index (χ0) is 22.0. The van der Waals surface area contributed by atoms with E-state index in [1.54, 1.807) is 43.3 Å². The Bertz CT molecular complexity index is 1130. The summed E-state index contributed by atoms with van der Waals surface area (Å²) in [4.78, 5) is 24.7. The molecule has 2 aliphatic rings. The average Bonchev–Trinajstić information content (AvgIpc) is 3.21. The molecule has 2 aliphatic heterocycles. The highest BCUT2D eigenvalue weighted by molar-refractivity contribution is 7.92. The van der Waals surface area contributed by atoms with E-state index in [0.29, 0.717) is 54.5 Å². The number of carbonyl (C=O) groups excluding carboxylic acids is 2. The monoisotopic (exact) mass is 445 g/mol. The summed E-state index contributed by atoms with van der Waals surface area (Å²) in [7, 11) is -3.34. The molecule has 0 aromatic heterocycles. The fourth-order valence-corrected chi connectivity index (χ4v) is 4.79. The van der Waals surface area contributed by atoms with Gasteiger partial charge in [0.25, 0.3) is 0 Å². The fraction of sp³-hybridized carbons (Fsp3) is 0.364. The van der Waals surface area contributed by atoms with Gasteiger partial charge < -0.3 is 14.2 Å². The minimum Gasteiger partial charge on any atom is -0.486 e. The van der Waals surface area contributed by atoms with Crippen molar-refractivity contribution in [1.82, 2.24) is 0 Å². The van der Waals surface area contributed by atoms with Gasteiger partial charge in [0, 0.05) is 12.1 Å². The van der Waals surface area contributed by atoms with Crippen LogP contribution in [0.2, 0.25) is 0 Å². The van der Waals surface area contributed by atoms with E-state index < -0.39 is 16.0 Å². The molecule has 0 spiro atoms. The Morgan fingerprint density at radius 1 is 1.06 bits per heavy atom. The Balaban J connectivity index is 1.35. The Kier molecular flexibility index (Phi) is 5.86. The maximum atomic E-state index is 12.5. The van der Waals surface area contributed by atoms with E-state index in [9.17, 15) is 18.0 Å². The number of fused-ring (bicyclic) bond motifs is 2. The lowest BCUT2D eigenvalue weighted by Crippen LogP contribution is -2.30. The van der Waals surface area contributed by atoms with Crippen molar-refractivity contribution in [1.29, 1.82) is 0 Å². The van der Waals surface area contributed by atoms with Crippen molar-refractivity contribution in [3.05, 3.63) is 53.1 Å². The van der Waals surface area contributed by atoms with Crippen LogP contribution in [0.25, 0.3) is 0 Å². The lowest BCUT2D eigenvalue weighted by molar-refractivity contribution is -0.141. The first kappa shape index (κ1) is 21.2. The lowest BCUT2D eigenvalue weighted by atomic mass is 10.1. The molecule has 0 saturated carbocycles. The molecule has 0 amide bonds. The van der Waals surface area contributed by atoms with E-state index in [2.05, 4.69) is 0 Å². The van der Waals surface area contributed by atoms with Gasteiger partial charge in [0.15, 0.2) is 23.9 Å². The van der Waals surface area contributed by atoms with Gasteiger partial charge >= 0.3 is 5.97 Å². The van der Waals surface area contributed by atoms with Gasteiger partial charge in [0.1, 0.15) is 13.2 Å². The van der Waals surface area contributed by atoms with Gasteiger partial charge in [0.2, 0.25) is 10.0 Å². The number of ketones is 1. The van der Waals surface area contributed by atoms with Crippen LogP contribution in [0.5, 0.6) is 11.5 Å². The van der Waals surface area contributed by atoms with Crippen molar-refractivity contribution in [3.63, 3.8) is 0 Å². The smallest absolute Gasteiger partial charge is 0.310 e. The van der Waals surface area contributed by atoms with E-state index in [0.717, 1.165) is 5.56 Å². The molecule has 0 aliphatic carbocycles. The molecular formula is C22H23NO7S. The van der Waals surface area contributed by atoms with Gasteiger partial charge in [-0.05, 0) is 54.8 Å². The number of hydrogen-bond donors (Lipinski definition) is 0. The number of benzene rings is 2. The molecule has 164 valence electrons. The second-order valence-corrected chi connectivity index (χ2v) is 9.49. The number of ether oxygens (including phenoxy) is 3. The maximum absolute atomic E-state index is 12.5. The van der Waals surface area contributed by atoms with E-state index in [1.165, 1.54) is 4.31 Å². The number of sulfonamides is 1. The minimum absolute atomic E-state index is 0.0119. The zero-order valence-corrected chi connectivity index (χ0v) is 17.9. The van der Waals surface area contributed by atoms with Gasteiger partial charge in [-0.2, -0.15) is 0 Å². The van der Waals surface area contributed by atoms with Gasteiger partial charge in [-0.1, -0.05) is 6.07 Å². The third-order valence-electron chi connectivity index (χ3n) is 5.27. The summed E-state index contributed by atoms with van der Waals surface area (Å²) in [5.74, 6) is 0.388. The van der Waals surface area contributed by atoms with Crippen LogP contribution in [0.1, 0.15) is 28.4 Å². The Morgan fingerprint density at radius 2 is 1.84 bits per heavy atom. The molecule has 4 rings (SSSR count). The highest BCUT2D eigenvalue weighted by atomic mass is 32.2. The van der Waals surface area contributed by atoms with Crippen molar-refractivity contribution >= 4 is 27.5 Å². The average molecular weight is 445 g/mol. The molecule has 9 heteroatoms. The SMILES string of the molecule is CCS(=O)(=O)N1CCc2cc(C(=O)COC(=O)Cc3ccc4c(c3)OCCO4)ccc21. The van der Waals surface area contributed by atoms with Crippen LogP contribution in [-0.4, -0.2) is 52.3 Å². The summed E-state index contributed by atoms with van der Waals surface area (Å²) in [5, 5.41) is 0. The van der Waals surface area contributed by atoms with Crippen molar-refractivity contribution < 1.29 is 32.2 Å². The molecule has 8 nitrogen and oxygen atoms in total. The van der Waals surface area contributed by atoms with E-state index in [4.69, 9.17) is 14.2 Å². The summed E-state index contributed by atoms with van der Waals surface area (Å²) < 4.78 is 41.8. The molecule has 2 heterocycles. The largest absolute Gasteiger partial charge is 0.486 e. The summed E-state index contributed by atoms with van der Waals surface area (Å²) in [5.41, 5.74) is 2.50. The van der Waals surface area contributed by atoms with Crippen LogP contribution in [0.15, 0.2) is 36.4 Å². The summed E-state index contributed by atoms with van der Waals surface area (Å²) >= 11 is 0. The van der Waals surface area contributed by atoms with Crippen molar-refractivity contribution in [2.75, 3.05) is 36.4 Å². The Labute approximate surface area is 180 Å². The second-order valence-electron chi connectivity index (χ2n) is 7.30. The lowest BCUT2D eigenvalue weighted by Gasteiger charge is -2.18. The molecule has 0 saturated heterocycles. The van der Waals surface area contributed by atoms with Crippen LogP contribution in [0.4, 0.5) is 5.69 Å². The maximum Gasteiger partial charge on any atom is 0.310 e. The van der Waals surface area contributed by atoms with Crippen LogP contribution in [0.3, 0.4) is 0 Å². The fourth-order valence-electron chi connectivity index (χ4n) is 3.63. The van der Waals surface area contributed by atoms with Gasteiger partial charge in [-0.3, -0.25) is 13.9 Å². The molecule has 0 atom stereocenters. The molecular weight excluding hydrogens is 422 g/mol. The number of esters is 1. The van der Waals surface area contributed by atoms with Crippen LogP contribution in [0, 0.1) is 0 Å². The normalized spacial score (nSPS) is 14.8. The number of anilines is 1. The van der Waals surface area contributed by atoms with Crippen molar-refractivity contribution in [2.45, 2.75) is 19.8 Å². The number of hydrogen-bond acceptors (Lipinski definition) is 7. The van der Waals surface area contributed by atoms with E-state index in [1.807, 2.05) is 0 Å². The highest BCUT2D eigenvalue weighted by Gasteiger charge is 2.28. The third-order valence-corrected chi connectivity index (χ3v) is 7.05. The molecule has 0 unspecified atom stereocenters. The number of carbonyl (C=O) groups is 2. The quantitative estimate of drug-likeness (QED) is 0.476. The van der Waals surface area contributed by atoms with Crippen LogP contribution in [-0.2, 0) is 32.4 Å². The topological polar surface area (TPSA) is 99.2 Å². The van der Waals surface area contributed by atoms with E-state index in [-0.39, 0.29) is 24.6 Å². The van der Waals surface area contributed by atoms with Crippen molar-refractivity contribution in [2.24, 2.45) is 0 Å². The standard InChI is InChI=1S/C22H23NO7S/c1-2-31(26,27)23-8-7-16-13-17(4-5-18(16)23)19(24)14-30-22(25)12-15-3-6-20-21(11-15)29-10-9-28-20/h3-6,11,13H,2,7-10,12,14H2,1H3. The Hall–Kier alpha value is -3.07. The number of rotatable bonds is 7. The summed E-state index contributed by atoms with van der Waals surface area (Å²) in [6.45, 7) is 2.54. The first-order chi connectivity index (χ1) is 14.9. The van der Waals surface area contributed by atoms with Gasteiger partial charge in [-0.15, -0.1) is 0 Å². The summed E-state index contributed by atoms with van der Waals surface area (Å²) in [6, 6.07) is 10.1. The zero-order valence-electron chi connectivity index (χ0n) is 17.1.